The molecule has 0 aromatic heterocycles. The molecule has 4 heteroatoms. The van der Waals surface area contributed by atoms with Crippen molar-refractivity contribution in [3.63, 3.8) is 0 Å². The summed E-state index contributed by atoms with van der Waals surface area (Å²) in [5, 5.41) is 0. The minimum absolute atomic E-state index is 0.181. The molecule has 0 radical (unpaired) electrons. The van der Waals surface area contributed by atoms with Crippen LogP contribution < -0.4 is 5.73 Å². The van der Waals surface area contributed by atoms with E-state index in [1.807, 2.05) is 7.05 Å². The van der Waals surface area contributed by atoms with Crippen LogP contribution in [0.5, 0.6) is 0 Å². The maximum atomic E-state index is 12.3. The number of carbonyl (C=O) groups is 1. The highest BCUT2D eigenvalue weighted by atomic mass is 32.2. The Hall–Kier alpha value is -1.00. The van der Waals surface area contributed by atoms with Gasteiger partial charge >= 0.3 is 0 Å². The number of benzene rings is 1. The summed E-state index contributed by atoms with van der Waals surface area (Å²) in [7, 11) is 1.87. The quantitative estimate of drug-likeness (QED) is 0.749. The Labute approximate surface area is 133 Å². The summed E-state index contributed by atoms with van der Waals surface area (Å²) < 4.78 is 0. The van der Waals surface area contributed by atoms with E-state index < -0.39 is 0 Å². The van der Waals surface area contributed by atoms with Crippen molar-refractivity contribution in [1.29, 1.82) is 0 Å². The average molecular weight is 308 g/mol. The Bertz CT molecular complexity index is 431. The molecule has 1 rings (SSSR count). The molecule has 0 aliphatic rings. The van der Waals surface area contributed by atoms with Gasteiger partial charge in [-0.15, -0.1) is 11.8 Å². The van der Waals surface area contributed by atoms with Crippen LogP contribution in [0.1, 0.15) is 32.3 Å². The summed E-state index contributed by atoms with van der Waals surface area (Å²) in [6.45, 7) is 5.58. The van der Waals surface area contributed by atoms with E-state index in [1.54, 1.807) is 16.7 Å². The van der Waals surface area contributed by atoms with Crippen molar-refractivity contribution in [2.45, 2.75) is 38.1 Å². The molecule has 0 spiro atoms. The maximum Gasteiger partial charge on any atom is 0.222 e. The molecule has 1 aromatic rings. The largest absolute Gasteiger partial charge is 0.341 e. The Morgan fingerprint density at radius 1 is 1.29 bits per heavy atom. The summed E-state index contributed by atoms with van der Waals surface area (Å²) in [5.41, 5.74) is 6.94. The van der Waals surface area contributed by atoms with E-state index in [0.717, 1.165) is 12.0 Å². The van der Waals surface area contributed by atoms with Crippen LogP contribution in [0.15, 0.2) is 29.2 Å². The van der Waals surface area contributed by atoms with Gasteiger partial charge in [0, 0.05) is 24.9 Å². The normalized spacial score (nSPS) is 12.5. The zero-order valence-electron chi connectivity index (χ0n) is 13.6. The standard InChI is InChI=1S/C17H28N2OS/c1-13(2)9-15(11-18)10-17(20)19(3)12-14-5-7-16(21-4)8-6-14/h5-8,13,15H,9-12,18H2,1-4H3. The predicted octanol–water partition coefficient (Wildman–Crippen LogP) is 3.38. The van der Waals surface area contributed by atoms with Gasteiger partial charge in [-0.2, -0.15) is 0 Å². The fraction of sp³-hybridized carbons (Fsp3) is 0.588. The van der Waals surface area contributed by atoms with Crippen molar-refractivity contribution in [2.24, 2.45) is 17.6 Å². The first kappa shape index (κ1) is 18.1. The van der Waals surface area contributed by atoms with Crippen LogP contribution in [0.3, 0.4) is 0 Å². The lowest BCUT2D eigenvalue weighted by Crippen LogP contribution is -2.30. The van der Waals surface area contributed by atoms with Crippen LogP contribution in [0.2, 0.25) is 0 Å². The van der Waals surface area contributed by atoms with Gasteiger partial charge in [-0.1, -0.05) is 26.0 Å². The van der Waals surface area contributed by atoms with E-state index in [4.69, 9.17) is 5.73 Å². The van der Waals surface area contributed by atoms with Crippen molar-refractivity contribution >= 4 is 17.7 Å². The summed E-state index contributed by atoms with van der Waals surface area (Å²) in [6, 6.07) is 8.37. The van der Waals surface area contributed by atoms with Gasteiger partial charge in [0.05, 0.1) is 0 Å². The molecule has 21 heavy (non-hydrogen) atoms. The van der Waals surface area contributed by atoms with Crippen LogP contribution in [0, 0.1) is 11.8 Å². The number of nitrogens with zero attached hydrogens (tertiary/aromatic N) is 1. The highest BCUT2D eigenvalue weighted by Crippen LogP contribution is 2.18. The minimum atomic E-state index is 0.181. The number of nitrogens with two attached hydrogens (primary N) is 1. The number of hydrogen-bond donors (Lipinski definition) is 1. The molecule has 1 amide bonds. The molecular weight excluding hydrogens is 280 g/mol. The highest BCUT2D eigenvalue weighted by molar-refractivity contribution is 7.98. The van der Waals surface area contributed by atoms with E-state index in [0.29, 0.717) is 31.3 Å². The molecular formula is C17H28N2OS. The molecule has 0 saturated carbocycles. The van der Waals surface area contributed by atoms with Gasteiger partial charge in [-0.25, -0.2) is 0 Å². The summed E-state index contributed by atoms with van der Waals surface area (Å²) in [5.74, 6) is 1.05. The van der Waals surface area contributed by atoms with E-state index in [-0.39, 0.29) is 5.91 Å². The molecule has 1 aromatic carbocycles. The lowest BCUT2D eigenvalue weighted by molar-refractivity contribution is -0.131. The Kier molecular flexibility index (Phi) is 7.83. The molecule has 0 saturated heterocycles. The van der Waals surface area contributed by atoms with Gasteiger partial charge in [-0.05, 0) is 48.8 Å². The third-order valence-corrected chi connectivity index (χ3v) is 4.35. The molecule has 1 atom stereocenters. The molecule has 0 aliphatic heterocycles. The zero-order valence-corrected chi connectivity index (χ0v) is 14.5. The maximum absolute atomic E-state index is 12.3. The zero-order chi connectivity index (χ0) is 15.8. The van der Waals surface area contributed by atoms with E-state index in [2.05, 4.69) is 44.4 Å². The number of hydrogen-bond acceptors (Lipinski definition) is 3. The van der Waals surface area contributed by atoms with Gasteiger partial charge in [0.15, 0.2) is 0 Å². The number of rotatable bonds is 8. The lowest BCUT2D eigenvalue weighted by atomic mass is 9.94. The van der Waals surface area contributed by atoms with E-state index in [1.165, 1.54) is 4.90 Å². The SMILES string of the molecule is CSc1ccc(CN(C)C(=O)CC(CN)CC(C)C)cc1. The molecule has 0 heterocycles. The molecule has 118 valence electrons. The third kappa shape index (κ3) is 6.53. The summed E-state index contributed by atoms with van der Waals surface area (Å²) >= 11 is 1.73. The second-order valence-corrected chi connectivity index (χ2v) is 6.91. The topological polar surface area (TPSA) is 46.3 Å². The van der Waals surface area contributed by atoms with Crippen LogP contribution in [0.4, 0.5) is 0 Å². The number of carbonyl (C=O) groups excluding carboxylic acids is 1. The van der Waals surface area contributed by atoms with Gasteiger partial charge in [0.2, 0.25) is 5.91 Å². The molecule has 0 fully saturated rings. The lowest BCUT2D eigenvalue weighted by Gasteiger charge is -2.22. The van der Waals surface area contributed by atoms with Gasteiger partial charge in [0.25, 0.3) is 0 Å². The second kappa shape index (κ2) is 9.11. The van der Waals surface area contributed by atoms with Crippen LogP contribution >= 0.6 is 11.8 Å². The Morgan fingerprint density at radius 2 is 1.90 bits per heavy atom. The van der Waals surface area contributed by atoms with E-state index in [9.17, 15) is 4.79 Å². The van der Waals surface area contributed by atoms with Gasteiger partial charge in [0.1, 0.15) is 0 Å². The second-order valence-electron chi connectivity index (χ2n) is 6.03. The molecule has 2 N–H and O–H groups in total. The average Bonchev–Trinajstić information content (AvgIpc) is 2.46. The molecule has 0 aliphatic carbocycles. The van der Waals surface area contributed by atoms with Crippen molar-refractivity contribution in [1.82, 2.24) is 4.90 Å². The molecule has 3 nitrogen and oxygen atoms in total. The van der Waals surface area contributed by atoms with Gasteiger partial charge < -0.3 is 10.6 Å². The van der Waals surface area contributed by atoms with Crippen molar-refractivity contribution in [3.05, 3.63) is 29.8 Å². The fourth-order valence-electron chi connectivity index (χ4n) is 2.43. The predicted molar refractivity (Wildman–Crippen MR) is 91.3 cm³/mol. The van der Waals surface area contributed by atoms with Crippen LogP contribution in [-0.4, -0.2) is 30.7 Å². The minimum Gasteiger partial charge on any atom is -0.341 e. The smallest absolute Gasteiger partial charge is 0.222 e. The third-order valence-electron chi connectivity index (χ3n) is 3.61. The van der Waals surface area contributed by atoms with E-state index >= 15 is 0 Å². The fourth-order valence-corrected chi connectivity index (χ4v) is 2.83. The van der Waals surface area contributed by atoms with Crippen molar-refractivity contribution in [2.75, 3.05) is 19.8 Å². The number of thioether (sulfide) groups is 1. The highest BCUT2D eigenvalue weighted by Gasteiger charge is 2.17. The van der Waals surface area contributed by atoms with Crippen LogP contribution in [0.25, 0.3) is 0 Å². The van der Waals surface area contributed by atoms with Gasteiger partial charge in [-0.3, -0.25) is 4.79 Å². The number of amides is 1. The summed E-state index contributed by atoms with van der Waals surface area (Å²) in [6.07, 6.45) is 3.62. The first-order valence-corrected chi connectivity index (χ1v) is 8.75. The van der Waals surface area contributed by atoms with Crippen LogP contribution in [-0.2, 0) is 11.3 Å². The molecule has 1 unspecified atom stereocenters. The first-order chi connectivity index (χ1) is 9.96. The molecule has 0 bridgehead atoms. The van der Waals surface area contributed by atoms with Crippen molar-refractivity contribution < 1.29 is 4.79 Å². The first-order valence-electron chi connectivity index (χ1n) is 7.53. The monoisotopic (exact) mass is 308 g/mol. The van der Waals surface area contributed by atoms with Crippen molar-refractivity contribution in [3.8, 4) is 0 Å². The Balaban J connectivity index is 2.52. The summed E-state index contributed by atoms with van der Waals surface area (Å²) in [4.78, 5) is 15.3. The Morgan fingerprint density at radius 3 is 2.38 bits per heavy atom.